The number of nitrogens with zero attached hydrogens (tertiary/aromatic N) is 4. The Hall–Kier alpha value is -2.90. The summed E-state index contributed by atoms with van der Waals surface area (Å²) >= 11 is 3.32. The molecule has 0 aliphatic rings. The first-order chi connectivity index (χ1) is 16.0. The van der Waals surface area contributed by atoms with E-state index in [1.807, 2.05) is 30.3 Å². The minimum Gasteiger partial charge on any atom is -0.493 e. The van der Waals surface area contributed by atoms with Gasteiger partial charge in [-0.05, 0) is 43.2 Å². The molecule has 0 aliphatic carbocycles. The lowest BCUT2D eigenvalue weighted by atomic mass is 10.1. The number of allylic oxidation sites excluding steroid dienone is 1. The number of hydrogen-bond donors (Lipinski definition) is 0. The van der Waals surface area contributed by atoms with Crippen molar-refractivity contribution in [2.45, 2.75) is 38.2 Å². The molecule has 0 atom stereocenters. The smallest absolute Gasteiger partial charge is 0.192 e. The number of aryl methyl sites for hydroxylation is 1. The first-order valence-electron chi connectivity index (χ1n) is 10.9. The van der Waals surface area contributed by atoms with E-state index in [4.69, 9.17) is 9.72 Å². The molecule has 0 saturated carbocycles. The molecule has 7 heteroatoms. The zero-order valence-electron chi connectivity index (χ0n) is 19.2. The highest BCUT2D eigenvalue weighted by atomic mass is 32.2. The molecule has 0 spiro atoms. The average molecular weight is 477 g/mol. The van der Waals surface area contributed by atoms with Crippen molar-refractivity contribution in [3.05, 3.63) is 77.8 Å². The zero-order valence-corrected chi connectivity index (χ0v) is 20.8. The fraction of sp³-hybridized carbons (Fsp3) is 0.269. The van der Waals surface area contributed by atoms with Gasteiger partial charge in [-0.1, -0.05) is 55.4 Å². The highest BCUT2D eigenvalue weighted by molar-refractivity contribution is 7.98. The topological polar surface area (TPSA) is 52.8 Å². The molecule has 2 heterocycles. The van der Waals surface area contributed by atoms with Crippen molar-refractivity contribution in [3.8, 4) is 27.7 Å². The van der Waals surface area contributed by atoms with Gasteiger partial charge in [-0.2, -0.15) is 0 Å². The van der Waals surface area contributed by atoms with Crippen molar-refractivity contribution in [2.24, 2.45) is 5.92 Å². The summed E-state index contributed by atoms with van der Waals surface area (Å²) in [6, 6.07) is 16.5. The van der Waals surface area contributed by atoms with Crippen molar-refractivity contribution in [3.63, 3.8) is 0 Å². The van der Waals surface area contributed by atoms with Crippen molar-refractivity contribution < 1.29 is 4.74 Å². The van der Waals surface area contributed by atoms with Crippen molar-refractivity contribution in [1.82, 2.24) is 19.7 Å². The van der Waals surface area contributed by atoms with Gasteiger partial charge in [0.2, 0.25) is 0 Å². The molecule has 0 N–H and O–H groups in total. The maximum absolute atomic E-state index is 5.80. The molecule has 2 aromatic heterocycles. The van der Waals surface area contributed by atoms with Gasteiger partial charge >= 0.3 is 0 Å². The van der Waals surface area contributed by atoms with E-state index >= 15 is 0 Å². The monoisotopic (exact) mass is 476 g/mol. The molecule has 0 fully saturated rings. The maximum atomic E-state index is 5.80. The standard InChI is InChI=1S/C26H28N4OS2/c1-5-13-30-24(20-9-11-23(12-10-20)31-15-18(2)3)28-29-26(30)33-17-22-16-32-25(27-22)21-8-6-7-19(4)14-21/h5-12,14,16,18H,1,13,15,17H2,2-4H3. The summed E-state index contributed by atoms with van der Waals surface area (Å²) < 4.78 is 7.89. The molecule has 4 aromatic rings. The van der Waals surface area contributed by atoms with Gasteiger partial charge in [-0.3, -0.25) is 4.57 Å². The molecular formula is C26H28N4OS2. The second-order valence-electron chi connectivity index (χ2n) is 8.24. The van der Waals surface area contributed by atoms with E-state index < -0.39 is 0 Å². The predicted molar refractivity (Wildman–Crippen MR) is 138 cm³/mol. The van der Waals surface area contributed by atoms with Crippen molar-refractivity contribution in [1.29, 1.82) is 0 Å². The summed E-state index contributed by atoms with van der Waals surface area (Å²) in [6.07, 6.45) is 1.87. The third-order valence-corrected chi connectivity index (χ3v) is 6.83. The minimum absolute atomic E-state index is 0.491. The number of ether oxygens (including phenoxy) is 1. The summed E-state index contributed by atoms with van der Waals surface area (Å²) in [5, 5.41) is 12.9. The largest absolute Gasteiger partial charge is 0.493 e. The van der Waals surface area contributed by atoms with Crippen LogP contribution in [0.1, 0.15) is 25.1 Å². The van der Waals surface area contributed by atoms with Crippen LogP contribution in [-0.2, 0) is 12.3 Å². The summed E-state index contributed by atoms with van der Waals surface area (Å²) in [7, 11) is 0. The Morgan fingerprint density at radius 3 is 2.67 bits per heavy atom. The van der Waals surface area contributed by atoms with Crippen LogP contribution in [0.15, 0.2) is 71.7 Å². The van der Waals surface area contributed by atoms with E-state index in [9.17, 15) is 0 Å². The van der Waals surface area contributed by atoms with Gasteiger partial charge in [0.1, 0.15) is 10.8 Å². The van der Waals surface area contributed by atoms with Gasteiger partial charge in [0.25, 0.3) is 0 Å². The van der Waals surface area contributed by atoms with Crippen LogP contribution in [0.5, 0.6) is 5.75 Å². The van der Waals surface area contributed by atoms with E-state index in [0.717, 1.165) is 44.3 Å². The number of aromatic nitrogens is 4. The van der Waals surface area contributed by atoms with Gasteiger partial charge in [0, 0.05) is 28.8 Å². The molecule has 0 aliphatic heterocycles. The second kappa shape index (κ2) is 10.8. The molecule has 5 nitrogen and oxygen atoms in total. The van der Waals surface area contributed by atoms with Crippen LogP contribution >= 0.6 is 23.1 Å². The van der Waals surface area contributed by atoms with Crippen LogP contribution in [0.25, 0.3) is 22.0 Å². The lowest BCUT2D eigenvalue weighted by molar-refractivity contribution is 0.271. The van der Waals surface area contributed by atoms with Gasteiger partial charge in [-0.15, -0.1) is 28.1 Å². The average Bonchev–Trinajstić information content (AvgIpc) is 3.44. The molecule has 33 heavy (non-hydrogen) atoms. The summed E-state index contributed by atoms with van der Waals surface area (Å²) in [6.45, 7) is 11.6. The first kappa shape index (κ1) is 23.3. The molecular weight excluding hydrogens is 448 g/mol. The molecule has 0 amide bonds. The van der Waals surface area contributed by atoms with Crippen molar-refractivity contribution >= 4 is 23.1 Å². The molecule has 0 radical (unpaired) electrons. The Balaban J connectivity index is 1.47. The van der Waals surface area contributed by atoms with Gasteiger partial charge < -0.3 is 4.74 Å². The number of rotatable bonds is 10. The van der Waals surface area contributed by atoms with Gasteiger partial charge in [-0.25, -0.2) is 4.98 Å². The molecule has 0 unspecified atom stereocenters. The number of thiazole rings is 1. The normalized spacial score (nSPS) is 11.2. The zero-order chi connectivity index (χ0) is 23.2. The van der Waals surface area contributed by atoms with E-state index in [1.165, 1.54) is 5.56 Å². The molecule has 170 valence electrons. The highest BCUT2D eigenvalue weighted by Gasteiger charge is 2.15. The Labute approximate surface area is 203 Å². The quantitative estimate of drug-likeness (QED) is 0.184. The molecule has 4 rings (SSSR count). The lowest BCUT2D eigenvalue weighted by Gasteiger charge is -2.10. The third kappa shape index (κ3) is 5.92. The first-order valence-corrected chi connectivity index (χ1v) is 12.8. The Morgan fingerprint density at radius 1 is 1.12 bits per heavy atom. The number of hydrogen-bond acceptors (Lipinski definition) is 6. The molecule has 0 bridgehead atoms. The number of benzene rings is 2. The minimum atomic E-state index is 0.491. The van der Waals surface area contributed by atoms with E-state index in [-0.39, 0.29) is 0 Å². The van der Waals surface area contributed by atoms with Crippen LogP contribution in [0.2, 0.25) is 0 Å². The van der Waals surface area contributed by atoms with Gasteiger partial charge in [0.05, 0.1) is 12.3 Å². The highest BCUT2D eigenvalue weighted by Crippen LogP contribution is 2.30. The summed E-state index contributed by atoms with van der Waals surface area (Å²) in [4.78, 5) is 4.82. The maximum Gasteiger partial charge on any atom is 0.192 e. The van der Waals surface area contributed by atoms with Crippen molar-refractivity contribution in [2.75, 3.05) is 6.61 Å². The third-order valence-electron chi connectivity index (χ3n) is 4.89. The Morgan fingerprint density at radius 2 is 1.94 bits per heavy atom. The Kier molecular flexibility index (Phi) is 7.62. The number of thioether (sulfide) groups is 1. The molecule has 2 aromatic carbocycles. The van der Waals surface area contributed by atoms with Crippen LogP contribution in [0, 0.1) is 12.8 Å². The van der Waals surface area contributed by atoms with Crippen LogP contribution in [0.3, 0.4) is 0 Å². The fourth-order valence-electron chi connectivity index (χ4n) is 3.29. The lowest BCUT2D eigenvalue weighted by Crippen LogP contribution is -2.04. The fourth-order valence-corrected chi connectivity index (χ4v) is 5.05. The van der Waals surface area contributed by atoms with E-state index in [0.29, 0.717) is 19.1 Å². The Bertz CT molecular complexity index is 1210. The van der Waals surface area contributed by atoms with Crippen LogP contribution < -0.4 is 4.74 Å². The van der Waals surface area contributed by atoms with Crippen LogP contribution in [0.4, 0.5) is 0 Å². The SMILES string of the molecule is C=CCn1c(SCc2csc(-c3cccc(C)c3)n2)nnc1-c1ccc(OCC(C)C)cc1. The summed E-state index contributed by atoms with van der Waals surface area (Å²) in [5.74, 6) is 2.92. The van der Waals surface area contributed by atoms with Gasteiger partial charge in [0.15, 0.2) is 11.0 Å². The predicted octanol–water partition coefficient (Wildman–Crippen LogP) is 6.89. The molecule has 0 saturated heterocycles. The van der Waals surface area contributed by atoms with Crippen LogP contribution in [-0.4, -0.2) is 26.4 Å². The van der Waals surface area contributed by atoms with E-state index in [1.54, 1.807) is 23.1 Å². The second-order valence-corrected chi connectivity index (χ2v) is 10.0. The summed E-state index contributed by atoms with van der Waals surface area (Å²) in [5.41, 5.74) is 4.45. The van der Waals surface area contributed by atoms with E-state index in [2.05, 4.69) is 71.8 Å².